The summed E-state index contributed by atoms with van der Waals surface area (Å²) in [6.07, 6.45) is 2.74. The first-order valence-electron chi connectivity index (χ1n) is 4.80. The molecule has 16 heavy (non-hydrogen) atoms. The Balaban J connectivity index is 2.97. The number of carbonyl (C=O) groups is 1. The first-order chi connectivity index (χ1) is 7.69. The van der Waals surface area contributed by atoms with Crippen molar-refractivity contribution in [2.75, 3.05) is 7.11 Å². The summed E-state index contributed by atoms with van der Waals surface area (Å²) in [6.45, 7) is 1.61. The molecule has 4 heteroatoms. The molecular formula is C12H13NO3. The van der Waals surface area contributed by atoms with Gasteiger partial charge in [-0.15, -0.1) is 0 Å². The lowest BCUT2D eigenvalue weighted by atomic mass is 10.2. The summed E-state index contributed by atoms with van der Waals surface area (Å²) < 4.78 is 4.99. The van der Waals surface area contributed by atoms with E-state index >= 15 is 0 Å². The van der Waals surface area contributed by atoms with Crippen LogP contribution in [0, 0.1) is 5.21 Å². The summed E-state index contributed by atoms with van der Waals surface area (Å²) in [5.41, 5.74) is 0.687. The van der Waals surface area contributed by atoms with Crippen LogP contribution in [0.25, 0.3) is 0 Å². The molecule has 0 aromatic heterocycles. The van der Waals surface area contributed by atoms with Crippen LogP contribution < -0.4 is 0 Å². The maximum absolute atomic E-state index is 11.6. The second-order valence-corrected chi connectivity index (χ2v) is 3.03. The minimum absolute atomic E-state index is 0.0358. The van der Waals surface area contributed by atoms with Gasteiger partial charge in [-0.1, -0.05) is 18.2 Å². The second kappa shape index (κ2) is 5.70. The highest BCUT2D eigenvalue weighted by molar-refractivity contribution is 5.87. The van der Waals surface area contributed by atoms with Crippen molar-refractivity contribution < 1.29 is 14.3 Å². The molecule has 0 spiro atoms. The van der Waals surface area contributed by atoms with Crippen LogP contribution in [-0.2, 0) is 9.53 Å². The lowest BCUT2D eigenvalue weighted by Crippen LogP contribution is -2.16. The molecular weight excluding hydrogens is 206 g/mol. The Hall–Kier alpha value is -2.10. The lowest BCUT2D eigenvalue weighted by molar-refractivity contribution is -0.392. The number of allylic oxidation sites excluding steroid dienone is 1. The molecule has 1 aromatic rings. The maximum Gasteiger partial charge on any atom is 0.404 e. The predicted octanol–water partition coefficient (Wildman–Crippen LogP) is 1.69. The average Bonchev–Trinajstić information content (AvgIpc) is 2.31. The zero-order valence-corrected chi connectivity index (χ0v) is 9.21. The van der Waals surface area contributed by atoms with E-state index in [9.17, 15) is 10.0 Å². The van der Waals surface area contributed by atoms with Crippen LogP contribution in [0.2, 0.25) is 0 Å². The van der Waals surface area contributed by atoms with Gasteiger partial charge in [0.1, 0.15) is 0 Å². The summed E-state index contributed by atoms with van der Waals surface area (Å²) in [7, 11) is 1.24. The fourth-order valence-corrected chi connectivity index (χ4v) is 1.18. The standard InChI is InChI=1S/C12H13NO3/c1-3-11(12(14)16-2)13(15)9-10-7-5-4-6-8-10/h3-9H,1-2H3/b11-3+,13-9-. The van der Waals surface area contributed by atoms with Crippen molar-refractivity contribution in [3.63, 3.8) is 0 Å². The van der Waals surface area contributed by atoms with E-state index in [1.807, 2.05) is 18.2 Å². The van der Waals surface area contributed by atoms with Crippen molar-refractivity contribution in [2.45, 2.75) is 6.92 Å². The molecule has 1 aromatic carbocycles. The zero-order chi connectivity index (χ0) is 12.0. The molecule has 4 nitrogen and oxygen atoms in total. The molecule has 0 N–H and O–H groups in total. The van der Waals surface area contributed by atoms with Crippen molar-refractivity contribution in [1.29, 1.82) is 0 Å². The Labute approximate surface area is 94.1 Å². The molecule has 0 saturated carbocycles. The second-order valence-electron chi connectivity index (χ2n) is 3.03. The van der Waals surface area contributed by atoms with Gasteiger partial charge >= 0.3 is 5.97 Å². The first-order valence-corrected chi connectivity index (χ1v) is 4.80. The molecule has 0 atom stereocenters. The molecule has 0 radical (unpaired) electrons. The van der Waals surface area contributed by atoms with E-state index in [0.29, 0.717) is 4.74 Å². The molecule has 84 valence electrons. The van der Waals surface area contributed by atoms with E-state index in [2.05, 4.69) is 4.74 Å². The minimum Gasteiger partial charge on any atom is -0.618 e. The number of esters is 1. The molecule has 0 amide bonds. The van der Waals surface area contributed by atoms with Crippen molar-refractivity contribution in [3.8, 4) is 0 Å². The van der Waals surface area contributed by atoms with Crippen LogP contribution >= 0.6 is 0 Å². The number of nitrogens with zero attached hydrogens (tertiary/aromatic N) is 1. The van der Waals surface area contributed by atoms with Crippen molar-refractivity contribution in [3.05, 3.63) is 52.9 Å². The van der Waals surface area contributed by atoms with Crippen LogP contribution in [0.1, 0.15) is 12.5 Å². The van der Waals surface area contributed by atoms with Gasteiger partial charge in [0.15, 0.2) is 6.21 Å². The quantitative estimate of drug-likeness (QED) is 0.194. The minimum atomic E-state index is -0.648. The Bertz CT molecular complexity index is 421. The zero-order valence-electron chi connectivity index (χ0n) is 9.21. The van der Waals surface area contributed by atoms with Crippen LogP contribution in [0.15, 0.2) is 42.1 Å². The van der Waals surface area contributed by atoms with E-state index in [1.54, 1.807) is 19.1 Å². The molecule has 0 fully saturated rings. The van der Waals surface area contributed by atoms with Gasteiger partial charge in [-0.2, -0.15) is 4.74 Å². The molecule has 0 aliphatic rings. The number of ether oxygens (including phenoxy) is 1. The third-order valence-electron chi connectivity index (χ3n) is 1.97. The van der Waals surface area contributed by atoms with E-state index < -0.39 is 5.97 Å². The van der Waals surface area contributed by atoms with Crippen molar-refractivity contribution >= 4 is 12.2 Å². The fraction of sp³-hybridized carbons (Fsp3) is 0.167. The Morgan fingerprint density at radius 2 is 2.00 bits per heavy atom. The highest BCUT2D eigenvalue weighted by Gasteiger charge is 2.16. The van der Waals surface area contributed by atoms with Crippen molar-refractivity contribution in [1.82, 2.24) is 0 Å². The van der Waals surface area contributed by atoms with E-state index in [4.69, 9.17) is 0 Å². The molecule has 0 heterocycles. The van der Waals surface area contributed by atoms with Gasteiger partial charge in [0.05, 0.1) is 7.11 Å². The van der Waals surface area contributed by atoms with E-state index in [0.717, 1.165) is 5.56 Å². The normalized spacial score (nSPS) is 12.4. The summed E-state index contributed by atoms with van der Waals surface area (Å²) in [4.78, 5) is 11.2. The van der Waals surface area contributed by atoms with Gasteiger partial charge in [0.25, 0.3) is 5.70 Å². The van der Waals surface area contributed by atoms with Crippen molar-refractivity contribution in [2.24, 2.45) is 0 Å². The fourth-order valence-electron chi connectivity index (χ4n) is 1.18. The molecule has 0 aliphatic carbocycles. The highest BCUT2D eigenvalue weighted by Crippen LogP contribution is 2.01. The molecule has 0 saturated heterocycles. The summed E-state index contributed by atoms with van der Waals surface area (Å²) in [6, 6.07) is 9.02. The average molecular weight is 219 g/mol. The molecule has 1 rings (SSSR count). The number of hydrogen-bond acceptors (Lipinski definition) is 3. The topological polar surface area (TPSA) is 52.4 Å². The lowest BCUT2D eigenvalue weighted by Gasteiger charge is -2.04. The number of methoxy groups -OCH3 is 1. The summed E-state index contributed by atoms with van der Waals surface area (Å²) in [5.74, 6) is -0.648. The Kier molecular flexibility index (Phi) is 4.27. The summed E-state index contributed by atoms with van der Waals surface area (Å²) in [5, 5.41) is 11.6. The van der Waals surface area contributed by atoms with E-state index in [1.165, 1.54) is 19.4 Å². The molecule has 0 unspecified atom stereocenters. The number of rotatable bonds is 3. The number of carbonyl (C=O) groups excluding carboxylic acids is 1. The summed E-state index contributed by atoms with van der Waals surface area (Å²) >= 11 is 0. The predicted molar refractivity (Wildman–Crippen MR) is 61.0 cm³/mol. The highest BCUT2D eigenvalue weighted by atomic mass is 16.5. The van der Waals surface area contributed by atoms with Crippen LogP contribution in [0.4, 0.5) is 0 Å². The van der Waals surface area contributed by atoms with E-state index in [-0.39, 0.29) is 5.70 Å². The smallest absolute Gasteiger partial charge is 0.404 e. The maximum atomic E-state index is 11.6. The third kappa shape index (κ3) is 2.95. The Morgan fingerprint density at radius 1 is 1.38 bits per heavy atom. The molecule has 0 aliphatic heterocycles. The van der Waals surface area contributed by atoms with Gasteiger partial charge in [-0.05, 0) is 25.1 Å². The first kappa shape index (κ1) is 12.0. The van der Waals surface area contributed by atoms with Gasteiger partial charge in [0.2, 0.25) is 0 Å². The van der Waals surface area contributed by atoms with Gasteiger partial charge in [-0.3, -0.25) is 0 Å². The number of benzene rings is 1. The SMILES string of the molecule is C/C=C(C(=O)OC)/[N+]([O-])=C/c1ccccc1. The molecule has 0 bridgehead atoms. The third-order valence-corrected chi connectivity index (χ3v) is 1.97. The van der Waals surface area contributed by atoms with Crippen LogP contribution in [0.3, 0.4) is 0 Å². The monoisotopic (exact) mass is 219 g/mol. The van der Waals surface area contributed by atoms with Gasteiger partial charge in [-0.25, -0.2) is 4.79 Å². The number of hydrogen-bond donors (Lipinski definition) is 0. The van der Waals surface area contributed by atoms with Gasteiger partial charge in [0, 0.05) is 5.56 Å². The number of hydroxylamine groups is 1. The van der Waals surface area contributed by atoms with Crippen LogP contribution in [-0.4, -0.2) is 24.0 Å². The Morgan fingerprint density at radius 3 is 2.50 bits per heavy atom. The van der Waals surface area contributed by atoms with Crippen LogP contribution in [0.5, 0.6) is 0 Å². The van der Waals surface area contributed by atoms with Gasteiger partial charge < -0.3 is 9.94 Å². The largest absolute Gasteiger partial charge is 0.618 e.